The van der Waals surface area contributed by atoms with E-state index in [0.29, 0.717) is 60.2 Å². The van der Waals surface area contributed by atoms with Crippen LogP contribution in [0.4, 0.5) is 0 Å². The van der Waals surface area contributed by atoms with Gasteiger partial charge in [-0.1, -0.05) is 23.7 Å². The molecule has 180 valence electrons. The van der Waals surface area contributed by atoms with Gasteiger partial charge in [0.05, 0.1) is 37.5 Å². The van der Waals surface area contributed by atoms with E-state index in [9.17, 15) is 9.90 Å². The highest BCUT2D eigenvalue weighted by molar-refractivity contribution is 6.30. The third kappa shape index (κ3) is 4.62. The van der Waals surface area contributed by atoms with Crippen molar-refractivity contribution >= 4 is 23.2 Å². The molecule has 2 atom stereocenters. The van der Waals surface area contributed by atoms with Gasteiger partial charge in [0.15, 0.2) is 17.2 Å². The second-order valence-electron chi connectivity index (χ2n) is 9.28. The molecule has 9 heteroatoms. The van der Waals surface area contributed by atoms with Gasteiger partial charge in [-0.25, -0.2) is 9.50 Å². The minimum Gasteiger partial charge on any atom is -0.493 e. The molecule has 1 saturated heterocycles. The number of aliphatic hydroxyl groups excluding tert-OH is 1. The Labute approximate surface area is 203 Å². The summed E-state index contributed by atoms with van der Waals surface area (Å²) in [6.45, 7) is 2.97. The summed E-state index contributed by atoms with van der Waals surface area (Å²) in [5, 5.41) is 15.1. The summed E-state index contributed by atoms with van der Waals surface area (Å²) < 4.78 is 13.1. The van der Waals surface area contributed by atoms with Crippen LogP contribution in [0.3, 0.4) is 0 Å². The first-order chi connectivity index (χ1) is 16.4. The predicted molar refractivity (Wildman–Crippen MR) is 127 cm³/mol. The van der Waals surface area contributed by atoms with Crippen molar-refractivity contribution in [3.05, 3.63) is 58.5 Å². The van der Waals surface area contributed by atoms with E-state index in [0.717, 1.165) is 12.0 Å². The van der Waals surface area contributed by atoms with Crippen LogP contribution in [0.2, 0.25) is 5.02 Å². The van der Waals surface area contributed by atoms with Crippen molar-refractivity contribution in [3.63, 3.8) is 0 Å². The number of benzene rings is 1. The van der Waals surface area contributed by atoms with Crippen LogP contribution in [0.15, 0.2) is 36.5 Å². The molecule has 0 spiro atoms. The largest absolute Gasteiger partial charge is 0.493 e. The van der Waals surface area contributed by atoms with Gasteiger partial charge < -0.3 is 19.5 Å². The molecule has 2 aliphatic rings. The van der Waals surface area contributed by atoms with Crippen LogP contribution in [-0.4, -0.2) is 69.0 Å². The first kappa shape index (κ1) is 23.1. The number of carbonyl (C=O) groups excluding carboxylic acids is 1. The van der Waals surface area contributed by atoms with Crippen molar-refractivity contribution < 1.29 is 19.4 Å². The van der Waals surface area contributed by atoms with Crippen molar-refractivity contribution in [1.29, 1.82) is 0 Å². The summed E-state index contributed by atoms with van der Waals surface area (Å²) in [4.78, 5) is 20.2. The fourth-order valence-electron chi connectivity index (χ4n) is 4.87. The highest BCUT2D eigenvalue weighted by atomic mass is 35.5. The number of ether oxygens (including phenoxy) is 2. The Kier molecular flexibility index (Phi) is 6.46. The van der Waals surface area contributed by atoms with E-state index in [1.807, 2.05) is 36.1 Å². The van der Waals surface area contributed by atoms with Crippen molar-refractivity contribution in [2.75, 3.05) is 20.3 Å². The van der Waals surface area contributed by atoms with Crippen LogP contribution < -0.4 is 4.74 Å². The van der Waals surface area contributed by atoms with Crippen LogP contribution in [0.5, 0.6) is 5.75 Å². The smallest absolute Gasteiger partial charge is 0.255 e. The minimum atomic E-state index is -0.279. The van der Waals surface area contributed by atoms with Crippen LogP contribution in [0.25, 0.3) is 5.65 Å². The number of rotatable bonds is 6. The molecule has 3 aromatic rings. The van der Waals surface area contributed by atoms with E-state index >= 15 is 0 Å². The highest BCUT2D eigenvalue weighted by Crippen LogP contribution is 2.35. The number of morpholine rings is 1. The fourth-order valence-corrected chi connectivity index (χ4v) is 5.09. The van der Waals surface area contributed by atoms with Crippen molar-refractivity contribution in [1.82, 2.24) is 19.5 Å². The summed E-state index contributed by atoms with van der Waals surface area (Å²) in [5.74, 6) is 1.34. The second-order valence-corrected chi connectivity index (χ2v) is 9.71. The zero-order valence-corrected chi connectivity index (χ0v) is 20.1. The molecule has 1 aliphatic carbocycles. The second kappa shape index (κ2) is 9.52. The summed E-state index contributed by atoms with van der Waals surface area (Å²) >= 11 is 6.09. The Balaban J connectivity index is 1.39. The number of halogens is 1. The quantitative estimate of drug-likeness (QED) is 0.578. The average Bonchev–Trinajstić information content (AvgIpc) is 3.23. The minimum absolute atomic E-state index is 0.0414. The molecule has 8 nitrogen and oxygen atoms in total. The fraction of sp³-hybridized carbons (Fsp3) is 0.480. The number of aromatic nitrogens is 3. The Morgan fingerprint density at radius 3 is 2.85 bits per heavy atom. The Morgan fingerprint density at radius 1 is 1.29 bits per heavy atom. The molecule has 34 heavy (non-hydrogen) atoms. The van der Waals surface area contributed by atoms with Gasteiger partial charge in [-0.2, -0.15) is 5.10 Å². The van der Waals surface area contributed by atoms with Gasteiger partial charge in [-0.3, -0.25) is 4.79 Å². The van der Waals surface area contributed by atoms with Crippen LogP contribution in [0, 0.1) is 5.92 Å². The number of aliphatic hydroxyl groups is 1. The maximum Gasteiger partial charge on any atom is 0.255 e. The summed E-state index contributed by atoms with van der Waals surface area (Å²) in [7, 11) is 1.57. The number of hydrogen-bond donors (Lipinski definition) is 1. The SMILES string of the molecule is COc1cc(C(=O)N2CC(C)OCC2C2CC(O)C2)cn2nc(CCc3cccc(Cl)c3)nc12. The Morgan fingerprint density at radius 2 is 2.12 bits per heavy atom. The third-order valence-corrected chi connectivity index (χ3v) is 7.03. The number of nitrogens with zero attached hydrogens (tertiary/aromatic N) is 4. The monoisotopic (exact) mass is 484 g/mol. The van der Waals surface area contributed by atoms with Crippen LogP contribution in [-0.2, 0) is 17.6 Å². The molecule has 2 aromatic heterocycles. The molecule has 1 aromatic carbocycles. The summed E-state index contributed by atoms with van der Waals surface area (Å²) in [6, 6.07) is 9.44. The number of fused-ring (bicyclic) bond motifs is 1. The predicted octanol–water partition coefficient (Wildman–Crippen LogP) is 3.18. The summed E-state index contributed by atoms with van der Waals surface area (Å²) in [6.07, 6.45) is 4.20. The maximum absolute atomic E-state index is 13.6. The lowest BCUT2D eigenvalue weighted by atomic mass is 9.76. The van der Waals surface area contributed by atoms with Crippen LogP contribution >= 0.6 is 11.6 Å². The molecule has 2 unspecified atom stereocenters. The van der Waals surface area contributed by atoms with E-state index in [2.05, 4.69) is 10.1 Å². The number of aryl methyl sites for hydroxylation is 2. The third-order valence-electron chi connectivity index (χ3n) is 6.80. The van der Waals surface area contributed by atoms with E-state index in [1.54, 1.807) is 23.9 Å². The van der Waals surface area contributed by atoms with Gasteiger partial charge in [0.25, 0.3) is 5.91 Å². The van der Waals surface area contributed by atoms with E-state index in [1.165, 1.54) is 0 Å². The lowest BCUT2D eigenvalue weighted by Crippen LogP contribution is -2.57. The molecule has 3 heterocycles. The average molecular weight is 485 g/mol. The normalized spacial score (nSPS) is 24.8. The van der Waals surface area contributed by atoms with E-state index < -0.39 is 0 Å². The molecule has 1 amide bonds. The van der Waals surface area contributed by atoms with Crippen LogP contribution in [0.1, 0.15) is 41.5 Å². The van der Waals surface area contributed by atoms with Crippen molar-refractivity contribution in [2.24, 2.45) is 5.92 Å². The molecule has 2 fully saturated rings. The number of carbonyl (C=O) groups is 1. The zero-order chi connectivity index (χ0) is 23.8. The Bertz CT molecular complexity index is 1190. The van der Waals surface area contributed by atoms with Gasteiger partial charge in [0.2, 0.25) is 0 Å². The number of pyridine rings is 1. The van der Waals surface area contributed by atoms with Gasteiger partial charge in [0.1, 0.15) is 0 Å². The molecular weight excluding hydrogens is 456 g/mol. The van der Waals surface area contributed by atoms with Crippen molar-refractivity contribution in [3.8, 4) is 5.75 Å². The standard InChI is InChI=1S/C25H29ClN4O4/c1-15-12-29(21(14-34-15)17-9-20(31)10-17)25(32)18-11-22(33-2)24-27-23(28-30(24)13-18)7-6-16-4-3-5-19(26)8-16/h3-5,8,11,13,15,17,20-21,31H,6-7,9-10,12,14H2,1-2H3. The number of amides is 1. The number of hydrogen-bond acceptors (Lipinski definition) is 6. The van der Waals surface area contributed by atoms with Crippen molar-refractivity contribution in [2.45, 2.75) is 50.9 Å². The molecule has 1 saturated carbocycles. The summed E-state index contributed by atoms with van der Waals surface area (Å²) in [5.41, 5.74) is 2.19. The maximum atomic E-state index is 13.6. The Hall–Kier alpha value is -2.68. The molecule has 1 aliphatic heterocycles. The van der Waals surface area contributed by atoms with E-state index in [4.69, 9.17) is 21.1 Å². The van der Waals surface area contributed by atoms with Gasteiger partial charge in [0, 0.05) is 24.2 Å². The molecule has 1 N–H and O–H groups in total. The first-order valence-electron chi connectivity index (χ1n) is 11.7. The topological polar surface area (TPSA) is 89.2 Å². The molecule has 5 rings (SSSR count). The molecule has 0 bridgehead atoms. The molecular formula is C25H29ClN4O4. The number of methoxy groups -OCH3 is 1. The lowest BCUT2D eigenvalue weighted by Gasteiger charge is -2.47. The van der Waals surface area contributed by atoms with E-state index in [-0.39, 0.29) is 30.1 Å². The van der Waals surface area contributed by atoms with Gasteiger partial charge in [-0.05, 0) is 55.9 Å². The highest BCUT2D eigenvalue weighted by Gasteiger charge is 2.42. The zero-order valence-electron chi connectivity index (χ0n) is 19.4. The van der Waals surface area contributed by atoms with Gasteiger partial charge in [-0.15, -0.1) is 0 Å². The lowest BCUT2D eigenvalue weighted by molar-refractivity contribution is -0.0894. The first-order valence-corrected chi connectivity index (χ1v) is 12.1. The molecule has 0 radical (unpaired) electrons. The van der Waals surface area contributed by atoms with Gasteiger partial charge >= 0.3 is 0 Å².